The Hall–Kier alpha value is -2.49. The first-order valence-corrected chi connectivity index (χ1v) is 10.3. The number of carbonyl (C=O) groups excluding carboxylic acids is 2. The van der Waals surface area contributed by atoms with Crippen LogP contribution in [0.2, 0.25) is 0 Å². The number of methoxy groups -OCH3 is 1. The van der Waals surface area contributed by atoms with Crippen molar-refractivity contribution in [3.8, 4) is 5.75 Å². The smallest absolute Gasteiger partial charge is 0.419 e. The Labute approximate surface area is 186 Å². The van der Waals surface area contributed by atoms with E-state index in [4.69, 9.17) is 9.47 Å². The maximum atomic E-state index is 13.7. The third-order valence-electron chi connectivity index (χ3n) is 4.85. The molecule has 32 heavy (non-hydrogen) atoms. The lowest BCUT2D eigenvalue weighted by atomic mass is 10.0. The normalized spacial score (nSPS) is 16.0. The fraction of sp³-hybridized carbons (Fsp3) is 0.636. The van der Waals surface area contributed by atoms with Gasteiger partial charge >= 0.3 is 18.2 Å². The van der Waals surface area contributed by atoms with Crippen LogP contribution in [0.5, 0.6) is 5.75 Å². The maximum Gasteiger partial charge on any atom is 0.419 e. The van der Waals surface area contributed by atoms with E-state index in [-0.39, 0.29) is 6.54 Å². The lowest BCUT2D eigenvalue weighted by Crippen LogP contribution is -2.49. The van der Waals surface area contributed by atoms with Crippen molar-refractivity contribution in [1.29, 1.82) is 0 Å². The molecule has 0 atom stereocenters. The number of benzene rings is 1. The molecule has 0 spiro atoms. The van der Waals surface area contributed by atoms with Gasteiger partial charge in [0, 0.05) is 38.3 Å². The summed E-state index contributed by atoms with van der Waals surface area (Å²) in [6.45, 7) is 9.91. The van der Waals surface area contributed by atoms with Crippen molar-refractivity contribution in [3.63, 3.8) is 0 Å². The summed E-state index contributed by atoms with van der Waals surface area (Å²) in [7, 11) is 1.15. The first kappa shape index (κ1) is 25.8. The Balaban J connectivity index is 2.20. The molecular formula is C22H31F3N2O5. The van der Waals surface area contributed by atoms with Gasteiger partial charge in [-0.05, 0) is 40.7 Å². The van der Waals surface area contributed by atoms with E-state index < -0.39 is 40.8 Å². The SMILES string of the molecule is COC(=O)C(C)(C)Oc1c(CN2CCN(C(=O)OC(C)(C)C)CC2)cccc1C(F)(F)F. The van der Waals surface area contributed by atoms with Crippen molar-refractivity contribution in [1.82, 2.24) is 9.80 Å². The van der Waals surface area contributed by atoms with Crippen molar-refractivity contribution in [2.45, 2.75) is 58.5 Å². The number of ether oxygens (including phenoxy) is 3. The second kappa shape index (κ2) is 9.56. The number of carbonyl (C=O) groups is 2. The van der Waals surface area contributed by atoms with E-state index in [0.717, 1.165) is 13.2 Å². The zero-order valence-electron chi connectivity index (χ0n) is 19.3. The Morgan fingerprint density at radius 3 is 2.09 bits per heavy atom. The Morgan fingerprint density at radius 1 is 1.00 bits per heavy atom. The molecular weight excluding hydrogens is 429 g/mol. The molecule has 2 rings (SSSR count). The first-order valence-electron chi connectivity index (χ1n) is 10.3. The molecule has 10 heteroatoms. The predicted molar refractivity (Wildman–Crippen MR) is 111 cm³/mol. The van der Waals surface area contributed by atoms with Crippen molar-refractivity contribution in [2.24, 2.45) is 0 Å². The largest absolute Gasteiger partial charge is 0.475 e. The summed E-state index contributed by atoms with van der Waals surface area (Å²) < 4.78 is 56.6. The van der Waals surface area contributed by atoms with Gasteiger partial charge in [-0.3, -0.25) is 4.90 Å². The summed E-state index contributed by atoms with van der Waals surface area (Å²) in [4.78, 5) is 27.7. The number of amides is 1. The molecule has 0 saturated carbocycles. The predicted octanol–water partition coefficient (Wildman–Crippen LogP) is 4.09. The zero-order valence-corrected chi connectivity index (χ0v) is 19.3. The van der Waals surface area contributed by atoms with E-state index in [0.29, 0.717) is 31.7 Å². The highest BCUT2D eigenvalue weighted by atomic mass is 19.4. The van der Waals surface area contributed by atoms with E-state index in [9.17, 15) is 22.8 Å². The maximum absolute atomic E-state index is 13.7. The van der Waals surface area contributed by atoms with Crippen LogP contribution in [0.25, 0.3) is 0 Å². The van der Waals surface area contributed by atoms with Crippen LogP contribution >= 0.6 is 0 Å². The second-order valence-electron chi connectivity index (χ2n) is 9.14. The molecule has 0 N–H and O–H groups in total. The summed E-state index contributed by atoms with van der Waals surface area (Å²) >= 11 is 0. The molecule has 0 bridgehead atoms. The van der Waals surface area contributed by atoms with E-state index in [1.165, 1.54) is 26.0 Å². The molecule has 1 amide bonds. The Morgan fingerprint density at radius 2 is 1.59 bits per heavy atom. The van der Waals surface area contributed by atoms with Crippen molar-refractivity contribution in [2.75, 3.05) is 33.3 Å². The molecule has 0 unspecified atom stereocenters. The van der Waals surface area contributed by atoms with E-state index >= 15 is 0 Å². The number of hydrogen-bond donors (Lipinski definition) is 0. The van der Waals surface area contributed by atoms with Gasteiger partial charge in [0.25, 0.3) is 0 Å². The highest BCUT2D eigenvalue weighted by molar-refractivity contribution is 5.79. The van der Waals surface area contributed by atoms with Crippen LogP contribution in [0, 0.1) is 0 Å². The van der Waals surface area contributed by atoms with Gasteiger partial charge in [0.2, 0.25) is 0 Å². The highest BCUT2D eigenvalue weighted by Crippen LogP contribution is 2.40. The number of esters is 1. The van der Waals surface area contributed by atoms with Gasteiger partial charge in [-0.1, -0.05) is 12.1 Å². The lowest BCUT2D eigenvalue weighted by molar-refractivity contribution is -0.158. The molecule has 1 aromatic carbocycles. The summed E-state index contributed by atoms with van der Waals surface area (Å²) in [5, 5.41) is 0. The number of para-hydroxylation sites is 1. The number of rotatable bonds is 5. The molecule has 1 aliphatic rings. The molecule has 0 aliphatic carbocycles. The van der Waals surface area contributed by atoms with Gasteiger partial charge in [0.05, 0.1) is 12.7 Å². The molecule has 1 heterocycles. The van der Waals surface area contributed by atoms with Gasteiger partial charge in [0.1, 0.15) is 11.4 Å². The van der Waals surface area contributed by atoms with Crippen LogP contribution in [0.4, 0.5) is 18.0 Å². The van der Waals surface area contributed by atoms with Crippen LogP contribution in [-0.4, -0.2) is 66.4 Å². The van der Waals surface area contributed by atoms with Gasteiger partial charge < -0.3 is 19.1 Å². The zero-order chi connectivity index (χ0) is 24.3. The lowest BCUT2D eigenvalue weighted by Gasteiger charge is -2.36. The number of alkyl halides is 3. The van der Waals surface area contributed by atoms with E-state index in [2.05, 4.69) is 4.74 Å². The van der Waals surface area contributed by atoms with Gasteiger partial charge in [-0.15, -0.1) is 0 Å². The minimum Gasteiger partial charge on any atom is -0.475 e. The molecule has 1 saturated heterocycles. The summed E-state index contributed by atoms with van der Waals surface area (Å²) in [5.41, 5.74) is -2.88. The summed E-state index contributed by atoms with van der Waals surface area (Å²) in [6, 6.07) is 3.78. The van der Waals surface area contributed by atoms with Crippen molar-refractivity contribution in [3.05, 3.63) is 29.3 Å². The monoisotopic (exact) mass is 460 g/mol. The number of halogens is 3. The quantitative estimate of drug-likeness (QED) is 0.617. The molecule has 1 aromatic rings. The first-order chi connectivity index (χ1) is 14.6. The minimum absolute atomic E-state index is 0.165. The number of nitrogens with zero attached hydrogens (tertiary/aromatic N) is 2. The molecule has 0 aromatic heterocycles. The van der Waals surface area contributed by atoms with Gasteiger partial charge in [-0.2, -0.15) is 13.2 Å². The Kier molecular flexibility index (Phi) is 7.70. The topological polar surface area (TPSA) is 68.3 Å². The Bertz CT molecular complexity index is 826. The molecule has 1 fully saturated rings. The third kappa shape index (κ3) is 6.75. The van der Waals surface area contributed by atoms with E-state index in [1.54, 1.807) is 25.7 Å². The second-order valence-corrected chi connectivity index (χ2v) is 9.14. The fourth-order valence-electron chi connectivity index (χ4n) is 3.25. The van der Waals surface area contributed by atoms with Crippen LogP contribution in [0.15, 0.2) is 18.2 Å². The van der Waals surface area contributed by atoms with Gasteiger partial charge in [0.15, 0.2) is 5.60 Å². The van der Waals surface area contributed by atoms with E-state index in [1.807, 2.05) is 4.90 Å². The van der Waals surface area contributed by atoms with Crippen molar-refractivity contribution < 1.29 is 37.0 Å². The number of piperazine rings is 1. The number of hydrogen-bond acceptors (Lipinski definition) is 6. The van der Waals surface area contributed by atoms with Crippen molar-refractivity contribution >= 4 is 12.1 Å². The summed E-state index contributed by atoms with van der Waals surface area (Å²) in [6.07, 6.45) is -5.08. The molecule has 180 valence electrons. The van der Waals surface area contributed by atoms with Crippen LogP contribution in [0.1, 0.15) is 45.7 Å². The minimum atomic E-state index is -4.66. The fourth-order valence-corrected chi connectivity index (χ4v) is 3.25. The average Bonchev–Trinajstić information content (AvgIpc) is 2.66. The van der Waals surface area contributed by atoms with Crippen LogP contribution < -0.4 is 4.74 Å². The standard InChI is InChI=1S/C22H31F3N2O5/c1-20(2,3)32-19(29)27-12-10-26(11-13-27)14-15-8-7-9-16(22(23,24)25)17(15)31-21(4,5)18(28)30-6/h7-9H,10-14H2,1-6H3. The molecule has 0 radical (unpaired) electrons. The molecule has 1 aliphatic heterocycles. The van der Waals surface area contributed by atoms with Gasteiger partial charge in [-0.25, -0.2) is 9.59 Å². The summed E-state index contributed by atoms with van der Waals surface area (Å²) in [5.74, 6) is -1.18. The van der Waals surface area contributed by atoms with Crippen LogP contribution in [-0.2, 0) is 27.0 Å². The third-order valence-corrected chi connectivity index (χ3v) is 4.85. The highest BCUT2D eigenvalue weighted by Gasteiger charge is 2.40. The average molecular weight is 460 g/mol. The molecule has 7 nitrogen and oxygen atoms in total. The van der Waals surface area contributed by atoms with Crippen LogP contribution in [0.3, 0.4) is 0 Å².